The van der Waals surface area contributed by atoms with Gasteiger partial charge in [-0.05, 0) is 49.7 Å². The summed E-state index contributed by atoms with van der Waals surface area (Å²) in [7, 11) is 0. The Bertz CT molecular complexity index is 910. The van der Waals surface area contributed by atoms with Gasteiger partial charge in [0.15, 0.2) is 0 Å². The quantitative estimate of drug-likeness (QED) is 0.610. The van der Waals surface area contributed by atoms with Gasteiger partial charge in [-0.25, -0.2) is 9.78 Å². The van der Waals surface area contributed by atoms with Crippen LogP contribution in [0.2, 0.25) is 0 Å². The van der Waals surface area contributed by atoms with Crippen molar-refractivity contribution in [2.45, 2.75) is 20.4 Å². The lowest BCUT2D eigenvalue weighted by molar-refractivity contribution is 0.0526. The van der Waals surface area contributed by atoms with E-state index in [2.05, 4.69) is 45.7 Å². The third-order valence-corrected chi connectivity index (χ3v) is 3.86. The number of nitrogens with zero attached hydrogens (tertiary/aromatic N) is 2. The average molecular weight is 362 g/mol. The lowest BCUT2D eigenvalue weighted by Gasteiger charge is -2.09. The van der Waals surface area contributed by atoms with Gasteiger partial charge in [0.2, 0.25) is 5.95 Å². The Balaban J connectivity index is 1.62. The summed E-state index contributed by atoms with van der Waals surface area (Å²) in [6.45, 7) is 4.90. The Morgan fingerprint density at radius 3 is 2.67 bits per heavy atom. The van der Waals surface area contributed by atoms with Crippen molar-refractivity contribution in [3.63, 3.8) is 0 Å². The van der Waals surface area contributed by atoms with E-state index in [4.69, 9.17) is 4.74 Å². The molecule has 6 nitrogen and oxygen atoms in total. The van der Waals surface area contributed by atoms with Crippen LogP contribution >= 0.6 is 0 Å². The van der Waals surface area contributed by atoms with Crippen molar-refractivity contribution >= 4 is 23.4 Å². The summed E-state index contributed by atoms with van der Waals surface area (Å²) in [4.78, 5) is 20.4. The maximum Gasteiger partial charge on any atom is 0.338 e. The van der Waals surface area contributed by atoms with Crippen LogP contribution in [0.5, 0.6) is 0 Å². The highest BCUT2D eigenvalue weighted by Crippen LogP contribution is 2.16. The fourth-order valence-electron chi connectivity index (χ4n) is 2.57. The number of anilines is 3. The molecule has 0 amide bonds. The first kappa shape index (κ1) is 18.4. The summed E-state index contributed by atoms with van der Waals surface area (Å²) in [5.74, 6) is 0.882. The fourth-order valence-corrected chi connectivity index (χ4v) is 2.57. The fraction of sp³-hybridized carbons (Fsp3) is 0.190. The molecule has 0 saturated heterocycles. The molecule has 0 aliphatic carbocycles. The number of benzene rings is 2. The molecule has 0 radical (unpaired) electrons. The molecule has 2 N–H and O–H groups in total. The van der Waals surface area contributed by atoms with E-state index in [1.165, 1.54) is 11.1 Å². The van der Waals surface area contributed by atoms with Gasteiger partial charge >= 0.3 is 5.97 Å². The van der Waals surface area contributed by atoms with Crippen LogP contribution in [0.1, 0.15) is 28.4 Å². The Hall–Kier alpha value is -3.41. The predicted octanol–water partition coefficient (Wildman–Crippen LogP) is 4.32. The van der Waals surface area contributed by atoms with Gasteiger partial charge in [0.1, 0.15) is 5.82 Å². The van der Waals surface area contributed by atoms with Gasteiger partial charge in [0, 0.05) is 18.4 Å². The third-order valence-electron chi connectivity index (χ3n) is 3.86. The van der Waals surface area contributed by atoms with E-state index in [9.17, 15) is 4.79 Å². The zero-order valence-corrected chi connectivity index (χ0v) is 15.4. The molecule has 3 aromatic rings. The monoisotopic (exact) mass is 362 g/mol. The van der Waals surface area contributed by atoms with Gasteiger partial charge in [0.05, 0.1) is 12.2 Å². The van der Waals surface area contributed by atoms with E-state index in [-0.39, 0.29) is 5.97 Å². The number of carbonyl (C=O) groups is 1. The number of aryl methyl sites for hydroxylation is 1. The number of aromatic nitrogens is 2. The van der Waals surface area contributed by atoms with Crippen molar-refractivity contribution in [3.8, 4) is 0 Å². The highest BCUT2D eigenvalue weighted by atomic mass is 16.5. The Morgan fingerprint density at radius 1 is 1.11 bits per heavy atom. The van der Waals surface area contributed by atoms with Crippen LogP contribution in [0.25, 0.3) is 0 Å². The number of ether oxygens (including phenoxy) is 1. The number of hydrogen-bond donors (Lipinski definition) is 2. The van der Waals surface area contributed by atoms with Gasteiger partial charge < -0.3 is 15.4 Å². The highest BCUT2D eigenvalue weighted by Gasteiger charge is 2.06. The summed E-state index contributed by atoms with van der Waals surface area (Å²) in [6, 6.07) is 17.2. The van der Waals surface area contributed by atoms with E-state index in [0.29, 0.717) is 24.7 Å². The second-order valence-electron chi connectivity index (χ2n) is 6.03. The summed E-state index contributed by atoms with van der Waals surface area (Å²) in [6.07, 6.45) is 1.70. The van der Waals surface area contributed by atoms with Crippen LogP contribution in [0.4, 0.5) is 17.5 Å². The van der Waals surface area contributed by atoms with Gasteiger partial charge in [-0.3, -0.25) is 0 Å². The summed E-state index contributed by atoms with van der Waals surface area (Å²) >= 11 is 0. The number of hydrogen-bond acceptors (Lipinski definition) is 6. The minimum Gasteiger partial charge on any atom is -0.462 e. The molecule has 6 heteroatoms. The van der Waals surface area contributed by atoms with Crippen LogP contribution in [-0.4, -0.2) is 22.5 Å². The van der Waals surface area contributed by atoms with E-state index in [1.54, 1.807) is 37.4 Å². The molecule has 1 aromatic heterocycles. The third kappa shape index (κ3) is 5.28. The molecule has 0 bridgehead atoms. The second kappa shape index (κ2) is 8.80. The van der Waals surface area contributed by atoms with Crippen molar-refractivity contribution in [2.24, 2.45) is 0 Å². The molecule has 0 saturated carbocycles. The lowest BCUT2D eigenvalue weighted by atomic mass is 10.1. The van der Waals surface area contributed by atoms with Crippen molar-refractivity contribution in [1.82, 2.24) is 9.97 Å². The minimum atomic E-state index is -0.331. The molecule has 0 aliphatic rings. The minimum absolute atomic E-state index is 0.331. The van der Waals surface area contributed by atoms with Crippen LogP contribution in [0, 0.1) is 6.92 Å². The Morgan fingerprint density at radius 2 is 1.93 bits per heavy atom. The summed E-state index contributed by atoms with van der Waals surface area (Å²) < 4.78 is 4.98. The molecular formula is C21H22N4O2. The van der Waals surface area contributed by atoms with Gasteiger partial charge in [-0.15, -0.1) is 0 Å². The average Bonchev–Trinajstić information content (AvgIpc) is 2.68. The van der Waals surface area contributed by atoms with Gasteiger partial charge in [0.25, 0.3) is 0 Å². The Labute approximate surface area is 158 Å². The normalized spacial score (nSPS) is 10.3. The first-order chi connectivity index (χ1) is 13.1. The topological polar surface area (TPSA) is 76.1 Å². The predicted molar refractivity (Wildman–Crippen MR) is 106 cm³/mol. The zero-order chi connectivity index (χ0) is 19.1. The van der Waals surface area contributed by atoms with Crippen LogP contribution in [0.3, 0.4) is 0 Å². The van der Waals surface area contributed by atoms with Gasteiger partial charge in [-0.1, -0.05) is 29.8 Å². The van der Waals surface area contributed by atoms with Crippen molar-refractivity contribution in [1.29, 1.82) is 0 Å². The summed E-state index contributed by atoms with van der Waals surface area (Å²) in [5, 5.41) is 6.44. The molecule has 1 heterocycles. The smallest absolute Gasteiger partial charge is 0.338 e. The maximum absolute atomic E-state index is 11.7. The number of carbonyl (C=O) groups excluding carboxylic acids is 1. The van der Waals surface area contributed by atoms with Crippen LogP contribution < -0.4 is 10.6 Å². The zero-order valence-electron chi connectivity index (χ0n) is 15.4. The first-order valence-corrected chi connectivity index (χ1v) is 8.80. The van der Waals surface area contributed by atoms with Crippen LogP contribution in [-0.2, 0) is 11.3 Å². The van der Waals surface area contributed by atoms with Crippen molar-refractivity contribution in [3.05, 3.63) is 77.5 Å². The van der Waals surface area contributed by atoms with Crippen molar-refractivity contribution < 1.29 is 9.53 Å². The van der Waals surface area contributed by atoms with E-state index in [1.807, 2.05) is 12.1 Å². The van der Waals surface area contributed by atoms with Crippen molar-refractivity contribution in [2.75, 3.05) is 17.2 Å². The first-order valence-electron chi connectivity index (χ1n) is 8.80. The molecule has 0 atom stereocenters. The molecule has 0 fully saturated rings. The molecule has 0 aliphatic heterocycles. The standard InChI is InChI=1S/C21H22N4O2/c1-3-27-20(26)17-7-9-18(10-8-17)24-21-22-12-11-19(25-21)23-14-16-6-4-5-15(2)13-16/h4-13H,3,14H2,1-2H3,(H2,22,23,24,25). The number of nitrogens with one attached hydrogen (secondary N) is 2. The lowest BCUT2D eigenvalue weighted by Crippen LogP contribution is -2.05. The van der Waals surface area contributed by atoms with E-state index >= 15 is 0 Å². The molecule has 27 heavy (non-hydrogen) atoms. The molecular weight excluding hydrogens is 340 g/mol. The van der Waals surface area contributed by atoms with Gasteiger partial charge in [-0.2, -0.15) is 4.98 Å². The second-order valence-corrected chi connectivity index (χ2v) is 6.03. The number of esters is 1. The SMILES string of the molecule is CCOC(=O)c1ccc(Nc2nccc(NCc3cccc(C)c3)n2)cc1. The maximum atomic E-state index is 11.7. The summed E-state index contributed by atoms with van der Waals surface area (Å²) in [5.41, 5.74) is 3.72. The number of rotatable bonds is 7. The largest absolute Gasteiger partial charge is 0.462 e. The Kier molecular flexibility index (Phi) is 5.99. The molecule has 138 valence electrons. The molecule has 0 unspecified atom stereocenters. The van der Waals surface area contributed by atoms with Crippen LogP contribution in [0.15, 0.2) is 60.8 Å². The van der Waals surface area contributed by atoms with E-state index < -0.39 is 0 Å². The molecule has 2 aromatic carbocycles. The molecule has 3 rings (SSSR count). The van der Waals surface area contributed by atoms with E-state index in [0.717, 1.165) is 11.5 Å². The molecule has 0 spiro atoms. The highest BCUT2D eigenvalue weighted by molar-refractivity contribution is 5.89.